The third-order valence-corrected chi connectivity index (χ3v) is 5.30. The van der Waals surface area contributed by atoms with Gasteiger partial charge >= 0.3 is 0 Å². The largest absolute Gasteiger partial charge is 0.488 e. The van der Waals surface area contributed by atoms with E-state index in [0.29, 0.717) is 29.2 Å². The van der Waals surface area contributed by atoms with E-state index in [-0.39, 0.29) is 5.91 Å². The van der Waals surface area contributed by atoms with Crippen LogP contribution in [0.4, 0.5) is 5.69 Å². The van der Waals surface area contributed by atoms with Gasteiger partial charge in [0.2, 0.25) is 0 Å². The Bertz CT molecular complexity index is 1350. The zero-order valence-corrected chi connectivity index (χ0v) is 19.3. The number of nitrogens with zero attached hydrogens (tertiary/aromatic N) is 1. The van der Waals surface area contributed by atoms with Gasteiger partial charge < -0.3 is 10.1 Å². The Labute approximate surface area is 204 Å². The van der Waals surface area contributed by atoms with Crippen LogP contribution in [0, 0.1) is 6.92 Å². The normalized spacial score (nSPS) is 10.7. The van der Waals surface area contributed by atoms with Crippen molar-refractivity contribution in [1.29, 1.82) is 0 Å². The van der Waals surface area contributed by atoms with Crippen LogP contribution in [0.5, 0.6) is 5.75 Å². The fraction of sp³-hybridized carbons (Fsp3) is 0.0690. The molecule has 0 radical (unpaired) electrons. The highest BCUT2D eigenvalue weighted by molar-refractivity contribution is 6.06. The predicted octanol–water partition coefficient (Wildman–Crippen LogP) is 5.59. The number of ether oxygens (including phenoxy) is 1. The molecule has 6 nitrogen and oxygen atoms in total. The van der Waals surface area contributed by atoms with Crippen molar-refractivity contribution in [3.63, 3.8) is 0 Å². The van der Waals surface area contributed by atoms with Crippen LogP contribution in [0.15, 0.2) is 108 Å². The summed E-state index contributed by atoms with van der Waals surface area (Å²) in [5.74, 6) is 0.0389. The van der Waals surface area contributed by atoms with Gasteiger partial charge in [-0.05, 0) is 54.4 Å². The lowest BCUT2D eigenvalue weighted by atomic mass is 10.1. The number of nitrogens with one attached hydrogen (secondary N) is 2. The number of benzene rings is 4. The summed E-state index contributed by atoms with van der Waals surface area (Å²) in [6, 6.07) is 31.4. The summed E-state index contributed by atoms with van der Waals surface area (Å²) in [5.41, 5.74) is 6.68. The standard InChI is InChI=1S/C29H25N3O3/c1-21-10-5-7-16-26(21)29(34)31-25-15-9-14-23(18-25)28(33)32-30-19-24-13-6-8-17-27(24)35-20-22-11-3-2-4-12-22/h2-19H,20H2,1H3,(H,31,34)(H,32,33)/b30-19+. The molecule has 0 fully saturated rings. The molecule has 0 bridgehead atoms. The van der Waals surface area contributed by atoms with Gasteiger partial charge in [-0.3, -0.25) is 9.59 Å². The van der Waals surface area contributed by atoms with Crippen LogP contribution >= 0.6 is 0 Å². The summed E-state index contributed by atoms with van der Waals surface area (Å²) in [7, 11) is 0. The number of para-hydroxylation sites is 1. The minimum atomic E-state index is -0.393. The summed E-state index contributed by atoms with van der Waals surface area (Å²) in [6.45, 7) is 2.31. The average molecular weight is 464 g/mol. The van der Waals surface area contributed by atoms with Crippen LogP contribution in [0.2, 0.25) is 0 Å². The smallest absolute Gasteiger partial charge is 0.271 e. The van der Waals surface area contributed by atoms with Crippen LogP contribution < -0.4 is 15.5 Å². The second-order valence-electron chi connectivity index (χ2n) is 7.86. The fourth-order valence-electron chi connectivity index (χ4n) is 3.44. The Morgan fingerprint density at radius 3 is 2.40 bits per heavy atom. The highest BCUT2D eigenvalue weighted by Crippen LogP contribution is 2.18. The molecule has 0 aromatic heterocycles. The van der Waals surface area contributed by atoms with Crippen molar-refractivity contribution in [3.8, 4) is 5.75 Å². The van der Waals surface area contributed by atoms with Crippen LogP contribution in [-0.4, -0.2) is 18.0 Å². The number of hydrazone groups is 1. The van der Waals surface area contributed by atoms with Gasteiger partial charge in [0.15, 0.2) is 0 Å². The quantitative estimate of drug-likeness (QED) is 0.264. The lowest BCUT2D eigenvalue weighted by molar-refractivity contribution is 0.0953. The van der Waals surface area contributed by atoms with Gasteiger partial charge in [-0.2, -0.15) is 5.10 Å². The molecule has 0 saturated carbocycles. The van der Waals surface area contributed by atoms with Crippen LogP contribution in [0.3, 0.4) is 0 Å². The molecule has 0 heterocycles. The Balaban J connectivity index is 1.38. The SMILES string of the molecule is Cc1ccccc1C(=O)Nc1cccc(C(=O)N/N=C/c2ccccc2OCc2ccccc2)c1. The Morgan fingerprint density at radius 2 is 1.57 bits per heavy atom. The molecular formula is C29H25N3O3. The van der Waals surface area contributed by atoms with Crippen molar-refractivity contribution in [2.75, 3.05) is 5.32 Å². The number of amides is 2. The van der Waals surface area contributed by atoms with E-state index in [1.165, 1.54) is 0 Å². The predicted molar refractivity (Wildman–Crippen MR) is 138 cm³/mol. The molecule has 0 unspecified atom stereocenters. The van der Waals surface area contributed by atoms with E-state index >= 15 is 0 Å². The van der Waals surface area contributed by atoms with Crippen molar-refractivity contribution in [2.24, 2.45) is 5.10 Å². The van der Waals surface area contributed by atoms with E-state index in [4.69, 9.17) is 4.74 Å². The lowest BCUT2D eigenvalue weighted by Gasteiger charge is -2.09. The third-order valence-electron chi connectivity index (χ3n) is 5.30. The molecule has 174 valence electrons. The van der Waals surface area contributed by atoms with Crippen LogP contribution in [0.25, 0.3) is 0 Å². The van der Waals surface area contributed by atoms with E-state index in [2.05, 4.69) is 15.8 Å². The third kappa shape index (κ3) is 6.42. The first-order valence-corrected chi connectivity index (χ1v) is 11.2. The zero-order valence-electron chi connectivity index (χ0n) is 19.3. The summed E-state index contributed by atoms with van der Waals surface area (Å²) in [5, 5.41) is 6.93. The highest BCUT2D eigenvalue weighted by atomic mass is 16.5. The maximum atomic E-state index is 12.6. The number of carbonyl (C=O) groups excluding carboxylic acids is 2. The van der Waals surface area contributed by atoms with Gasteiger partial charge in [0.1, 0.15) is 12.4 Å². The maximum absolute atomic E-state index is 12.6. The molecule has 35 heavy (non-hydrogen) atoms. The van der Waals surface area contributed by atoms with E-state index in [0.717, 1.165) is 16.7 Å². The monoisotopic (exact) mass is 463 g/mol. The van der Waals surface area contributed by atoms with E-state index in [9.17, 15) is 9.59 Å². The van der Waals surface area contributed by atoms with Crippen LogP contribution in [-0.2, 0) is 6.61 Å². The molecule has 0 atom stereocenters. The molecule has 6 heteroatoms. The van der Waals surface area contributed by atoms with E-state index in [1.807, 2.05) is 79.7 Å². The summed E-state index contributed by atoms with van der Waals surface area (Å²) in [4.78, 5) is 25.2. The number of aryl methyl sites for hydroxylation is 1. The van der Waals surface area contributed by atoms with E-state index < -0.39 is 5.91 Å². The van der Waals surface area contributed by atoms with Gasteiger partial charge in [-0.25, -0.2) is 5.43 Å². The number of carbonyl (C=O) groups is 2. The minimum Gasteiger partial charge on any atom is -0.488 e. The molecule has 0 aliphatic rings. The molecule has 0 saturated heterocycles. The Kier molecular flexibility index (Phi) is 7.66. The zero-order chi connectivity index (χ0) is 24.5. The van der Waals surface area contributed by atoms with Gasteiger partial charge in [-0.1, -0.05) is 66.7 Å². The van der Waals surface area contributed by atoms with Gasteiger partial charge in [-0.15, -0.1) is 0 Å². The molecule has 2 amide bonds. The van der Waals surface area contributed by atoms with Gasteiger partial charge in [0.05, 0.1) is 6.21 Å². The Hall–Kier alpha value is -4.71. The van der Waals surface area contributed by atoms with Crippen molar-refractivity contribution in [1.82, 2.24) is 5.43 Å². The van der Waals surface area contributed by atoms with Crippen molar-refractivity contribution < 1.29 is 14.3 Å². The van der Waals surface area contributed by atoms with E-state index in [1.54, 1.807) is 36.5 Å². The van der Waals surface area contributed by atoms with Gasteiger partial charge in [0, 0.05) is 22.4 Å². The molecule has 0 aliphatic heterocycles. The highest BCUT2D eigenvalue weighted by Gasteiger charge is 2.11. The number of rotatable bonds is 8. The number of hydrogen-bond donors (Lipinski definition) is 2. The molecule has 0 spiro atoms. The first kappa shape index (κ1) is 23.4. The van der Waals surface area contributed by atoms with Crippen molar-refractivity contribution >= 4 is 23.7 Å². The van der Waals surface area contributed by atoms with Gasteiger partial charge in [0.25, 0.3) is 11.8 Å². The number of hydrogen-bond acceptors (Lipinski definition) is 4. The average Bonchev–Trinajstić information content (AvgIpc) is 2.89. The van der Waals surface area contributed by atoms with Crippen molar-refractivity contribution in [2.45, 2.75) is 13.5 Å². The molecule has 0 aliphatic carbocycles. The second-order valence-corrected chi connectivity index (χ2v) is 7.86. The maximum Gasteiger partial charge on any atom is 0.271 e. The summed E-state index contributed by atoms with van der Waals surface area (Å²) < 4.78 is 5.92. The topological polar surface area (TPSA) is 79.8 Å². The second kappa shape index (κ2) is 11.4. The summed E-state index contributed by atoms with van der Waals surface area (Å²) >= 11 is 0. The lowest BCUT2D eigenvalue weighted by Crippen LogP contribution is -2.18. The molecule has 4 aromatic carbocycles. The molecular weight excluding hydrogens is 438 g/mol. The first-order chi connectivity index (χ1) is 17.1. The minimum absolute atomic E-state index is 0.231. The number of anilines is 1. The molecule has 2 N–H and O–H groups in total. The molecule has 4 aromatic rings. The fourth-order valence-corrected chi connectivity index (χ4v) is 3.44. The molecule has 4 rings (SSSR count). The summed E-state index contributed by atoms with van der Waals surface area (Å²) in [6.07, 6.45) is 1.54. The first-order valence-electron chi connectivity index (χ1n) is 11.2. The van der Waals surface area contributed by atoms with Crippen molar-refractivity contribution in [3.05, 3.63) is 131 Å². The van der Waals surface area contributed by atoms with Crippen LogP contribution in [0.1, 0.15) is 37.4 Å². The Morgan fingerprint density at radius 1 is 0.829 bits per heavy atom.